The molecule has 0 amide bonds. The quantitative estimate of drug-likeness (QED) is 0.334. The molecule has 0 aromatic heterocycles. The highest BCUT2D eigenvalue weighted by Gasteiger charge is 2.31. The fraction of sp³-hybridized carbons (Fsp3) is 0.419. The molecule has 1 N–H and O–H groups in total. The van der Waals surface area contributed by atoms with Gasteiger partial charge in [0.05, 0.1) is 22.7 Å². The summed E-state index contributed by atoms with van der Waals surface area (Å²) in [5.74, 6) is 0.880. The molecule has 1 saturated carbocycles. The molecule has 0 unspecified atom stereocenters. The van der Waals surface area contributed by atoms with Gasteiger partial charge in [0.25, 0.3) is 0 Å². The summed E-state index contributed by atoms with van der Waals surface area (Å²) < 4.78 is 13.2. The van der Waals surface area contributed by atoms with Crippen molar-refractivity contribution in [1.29, 1.82) is 0 Å². The first-order valence-electron chi connectivity index (χ1n) is 13.0. The Hall–Kier alpha value is -2.27. The van der Waals surface area contributed by atoms with E-state index in [0.29, 0.717) is 5.92 Å². The number of hydrogen-bond acceptors (Lipinski definition) is 3. The Morgan fingerprint density at radius 1 is 0.829 bits per heavy atom. The minimum Gasteiger partial charge on any atom is -0.391 e. The molecule has 1 aliphatic carbocycles. The third kappa shape index (κ3) is 7.86. The van der Waals surface area contributed by atoms with Crippen LogP contribution in [0.5, 0.6) is 0 Å². The Bertz CT molecular complexity index is 991. The fourth-order valence-electron chi connectivity index (χ4n) is 5.29. The molecule has 3 atom stereocenters. The van der Waals surface area contributed by atoms with Crippen LogP contribution in [0.3, 0.4) is 0 Å². The molecule has 1 aliphatic rings. The van der Waals surface area contributed by atoms with Crippen molar-refractivity contribution in [1.82, 2.24) is 4.90 Å². The zero-order valence-corrected chi connectivity index (χ0v) is 21.7. The number of aliphatic hydroxyl groups is 1. The highest BCUT2D eigenvalue weighted by atomic mass is 32.2. The molecular formula is C31H39NO2S. The van der Waals surface area contributed by atoms with Crippen molar-refractivity contribution in [3.05, 3.63) is 102 Å². The lowest BCUT2D eigenvalue weighted by Crippen LogP contribution is -2.46. The van der Waals surface area contributed by atoms with Gasteiger partial charge in [-0.2, -0.15) is 0 Å². The number of nitrogens with zero attached hydrogens (tertiary/aromatic N) is 1. The van der Waals surface area contributed by atoms with Crippen molar-refractivity contribution in [3.8, 4) is 0 Å². The van der Waals surface area contributed by atoms with Crippen LogP contribution in [0.2, 0.25) is 0 Å². The molecule has 186 valence electrons. The van der Waals surface area contributed by atoms with E-state index in [-0.39, 0.29) is 11.8 Å². The summed E-state index contributed by atoms with van der Waals surface area (Å²) in [5.41, 5.74) is 3.63. The Morgan fingerprint density at radius 2 is 1.37 bits per heavy atom. The molecule has 0 heterocycles. The molecule has 3 aromatic rings. The van der Waals surface area contributed by atoms with Gasteiger partial charge in [0.15, 0.2) is 0 Å². The van der Waals surface area contributed by atoms with Gasteiger partial charge in [0, 0.05) is 24.0 Å². The first-order valence-corrected chi connectivity index (χ1v) is 14.4. The van der Waals surface area contributed by atoms with E-state index in [1.165, 1.54) is 43.2 Å². The van der Waals surface area contributed by atoms with Crippen LogP contribution >= 0.6 is 0 Å². The molecule has 1 fully saturated rings. The Labute approximate surface area is 213 Å². The van der Waals surface area contributed by atoms with Crippen molar-refractivity contribution < 1.29 is 9.32 Å². The predicted molar refractivity (Wildman–Crippen MR) is 146 cm³/mol. The second kappa shape index (κ2) is 13.2. The monoisotopic (exact) mass is 489 g/mol. The molecule has 3 nitrogen and oxygen atoms in total. The molecular weight excluding hydrogens is 450 g/mol. The van der Waals surface area contributed by atoms with E-state index in [0.717, 1.165) is 30.0 Å². The highest BCUT2D eigenvalue weighted by molar-refractivity contribution is 7.85. The van der Waals surface area contributed by atoms with Gasteiger partial charge in [-0.05, 0) is 42.5 Å². The third-order valence-electron chi connectivity index (χ3n) is 7.28. The summed E-state index contributed by atoms with van der Waals surface area (Å²) in [6.07, 6.45) is 6.63. The van der Waals surface area contributed by atoms with Crippen LogP contribution in [0.25, 0.3) is 0 Å². The summed E-state index contributed by atoms with van der Waals surface area (Å²) >= 11 is 0. The van der Waals surface area contributed by atoms with Gasteiger partial charge in [-0.3, -0.25) is 9.11 Å². The summed E-state index contributed by atoms with van der Waals surface area (Å²) in [7, 11) is -1.24. The van der Waals surface area contributed by atoms with Crippen molar-refractivity contribution in [3.63, 3.8) is 0 Å². The van der Waals surface area contributed by atoms with E-state index in [4.69, 9.17) is 0 Å². The van der Waals surface area contributed by atoms with Crippen LogP contribution < -0.4 is 0 Å². The van der Waals surface area contributed by atoms with Gasteiger partial charge >= 0.3 is 0 Å². The summed E-state index contributed by atoms with van der Waals surface area (Å²) in [4.78, 5) is 3.22. The molecule has 0 spiro atoms. The maximum absolute atomic E-state index is 13.2. The smallest absolute Gasteiger partial charge is 0.0814 e. The van der Waals surface area contributed by atoms with E-state index >= 15 is 0 Å². The van der Waals surface area contributed by atoms with Crippen molar-refractivity contribution in [2.45, 2.75) is 75.6 Å². The molecule has 0 saturated heterocycles. The number of hydrogen-bond donors (Lipinski definition) is 1. The first-order chi connectivity index (χ1) is 17.1. The summed E-state index contributed by atoms with van der Waals surface area (Å²) in [5, 5.41) is 11.6. The normalized spacial score (nSPS) is 17.2. The van der Waals surface area contributed by atoms with Crippen molar-refractivity contribution in [2.75, 3.05) is 5.75 Å². The van der Waals surface area contributed by atoms with Crippen LogP contribution in [0.1, 0.15) is 55.2 Å². The number of aliphatic hydroxyl groups excluding tert-OH is 1. The van der Waals surface area contributed by atoms with Gasteiger partial charge in [-0.15, -0.1) is 0 Å². The maximum atomic E-state index is 13.2. The average molecular weight is 490 g/mol. The van der Waals surface area contributed by atoms with E-state index in [1.807, 2.05) is 43.3 Å². The average Bonchev–Trinajstić information content (AvgIpc) is 2.89. The minimum absolute atomic E-state index is 0.0482. The van der Waals surface area contributed by atoms with Crippen LogP contribution in [-0.2, 0) is 23.9 Å². The second-order valence-corrected chi connectivity index (χ2v) is 11.6. The molecule has 3 aromatic carbocycles. The lowest BCUT2D eigenvalue weighted by molar-refractivity contribution is 0.0344. The van der Waals surface area contributed by atoms with Gasteiger partial charge < -0.3 is 5.11 Å². The molecule has 0 bridgehead atoms. The van der Waals surface area contributed by atoms with Gasteiger partial charge in [-0.1, -0.05) is 110 Å². The molecule has 0 radical (unpaired) electrons. The van der Waals surface area contributed by atoms with Crippen LogP contribution in [0.4, 0.5) is 0 Å². The molecule has 35 heavy (non-hydrogen) atoms. The second-order valence-electron chi connectivity index (χ2n) is 10.1. The Balaban J connectivity index is 1.59. The van der Waals surface area contributed by atoms with Crippen LogP contribution in [-0.4, -0.2) is 32.1 Å². The molecule has 4 rings (SSSR count). The summed E-state index contributed by atoms with van der Waals surface area (Å²) in [6.45, 7) is 3.56. The van der Waals surface area contributed by atoms with E-state index in [9.17, 15) is 9.32 Å². The molecule has 4 heteroatoms. The number of benzene rings is 3. The lowest BCUT2D eigenvalue weighted by atomic mass is 9.83. The van der Waals surface area contributed by atoms with Gasteiger partial charge in [-0.25, -0.2) is 0 Å². The van der Waals surface area contributed by atoms with E-state index in [1.54, 1.807) is 0 Å². The maximum Gasteiger partial charge on any atom is 0.0814 e. The zero-order valence-electron chi connectivity index (χ0n) is 20.9. The van der Waals surface area contributed by atoms with Crippen LogP contribution in [0.15, 0.2) is 89.8 Å². The first kappa shape index (κ1) is 25.8. The van der Waals surface area contributed by atoms with E-state index in [2.05, 4.69) is 53.4 Å². The van der Waals surface area contributed by atoms with Gasteiger partial charge in [0.2, 0.25) is 0 Å². The van der Waals surface area contributed by atoms with Crippen molar-refractivity contribution in [2.24, 2.45) is 5.92 Å². The minimum atomic E-state index is -1.24. The Kier molecular flexibility index (Phi) is 9.70. The standard InChI is InChI=1S/C31H39NO2S/c1-25-17-19-29(20-18-25)35(34)24-31(33)30(21-26-11-5-2-6-12-26)32(22-27-13-7-3-8-14-27)23-28-15-9-4-10-16-28/h3-4,7-10,13-20,26,30-31,33H,2,5-6,11-12,21-24H2,1H3/t30-,31+,35+/m0/s1. The number of rotatable bonds is 11. The summed E-state index contributed by atoms with van der Waals surface area (Å²) in [6, 6.07) is 28.8. The van der Waals surface area contributed by atoms with Crippen molar-refractivity contribution >= 4 is 10.8 Å². The van der Waals surface area contributed by atoms with E-state index < -0.39 is 16.9 Å². The zero-order chi connectivity index (χ0) is 24.5. The van der Waals surface area contributed by atoms with Gasteiger partial charge in [0.1, 0.15) is 0 Å². The largest absolute Gasteiger partial charge is 0.391 e. The number of aryl methyl sites for hydroxylation is 1. The predicted octanol–water partition coefficient (Wildman–Crippen LogP) is 6.50. The molecule has 0 aliphatic heterocycles. The SMILES string of the molecule is Cc1ccc([S@](=O)C[C@@H](O)[C@H](CC2CCCCC2)N(Cc2ccccc2)Cc2ccccc2)cc1. The topological polar surface area (TPSA) is 40.5 Å². The highest BCUT2D eigenvalue weighted by Crippen LogP contribution is 2.31. The Morgan fingerprint density at radius 3 is 1.91 bits per heavy atom. The fourth-order valence-corrected chi connectivity index (χ4v) is 6.46. The third-order valence-corrected chi connectivity index (χ3v) is 8.72. The lowest BCUT2D eigenvalue weighted by Gasteiger charge is -2.38. The van der Waals surface area contributed by atoms with Crippen LogP contribution in [0, 0.1) is 12.8 Å².